The average molecular weight is 251 g/mol. The Hall–Kier alpha value is -0.930. The molecule has 100 valence electrons. The first-order chi connectivity index (χ1) is 8.47. The van der Waals surface area contributed by atoms with Crippen LogP contribution in [-0.2, 0) is 4.74 Å². The molecule has 0 bridgehead atoms. The largest absolute Gasteiger partial charge is 0.373 e. The monoisotopic (exact) mass is 251 g/mol. The predicted molar refractivity (Wildman–Crippen MR) is 71.0 cm³/mol. The van der Waals surface area contributed by atoms with Crippen LogP contribution in [0.4, 0.5) is 4.39 Å². The maximum absolute atomic E-state index is 13.8. The lowest BCUT2D eigenvalue weighted by Gasteiger charge is -2.26. The van der Waals surface area contributed by atoms with Gasteiger partial charge in [-0.05, 0) is 33.3 Å². The van der Waals surface area contributed by atoms with Crippen molar-refractivity contribution >= 4 is 0 Å². The van der Waals surface area contributed by atoms with Crippen molar-refractivity contribution < 1.29 is 9.13 Å². The molecule has 0 aromatic heterocycles. The van der Waals surface area contributed by atoms with Crippen LogP contribution in [-0.4, -0.2) is 18.7 Å². The second-order valence-electron chi connectivity index (χ2n) is 5.99. The molecule has 1 aromatic rings. The van der Waals surface area contributed by atoms with Gasteiger partial charge in [0.2, 0.25) is 0 Å². The van der Waals surface area contributed by atoms with E-state index in [1.165, 1.54) is 6.07 Å². The summed E-state index contributed by atoms with van der Waals surface area (Å²) in [6.45, 7) is 8.00. The summed E-state index contributed by atoms with van der Waals surface area (Å²) in [5.74, 6) is 0.186. The van der Waals surface area contributed by atoms with Gasteiger partial charge < -0.3 is 10.1 Å². The van der Waals surface area contributed by atoms with Crippen LogP contribution in [0, 0.1) is 11.7 Å². The van der Waals surface area contributed by atoms with E-state index in [2.05, 4.69) is 26.1 Å². The Morgan fingerprint density at radius 1 is 1.33 bits per heavy atom. The molecule has 0 aliphatic carbocycles. The first-order valence-corrected chi connectivity index (χ1v) is 6.58. The van der Waals surface area contributed by atoms with E-state index < -0.39 is 0 Å². The van der Waals surface area contributed by atoms with Gasteiger partial charge in [0, 0.05) is 30.2 Å². The summed E-state index contributed by atoms with van der Waals surface area (Å²) in [6, 6.07) is 6.92. The van der Waals surface area contributed by atoms with Crippen LogP contribution in [0.1, 0.15) is 38.9 Å². The zero-order chi connectivity index (χ0) is 13.2. The molecule has 2 unspecified atom stereocenters. The molecule has 2 atom stereocenters. The van der Waals surface area contributed by atoms with Crippen molar-refractivity contribution in [2.24, 2.45) is 5.92 Å². The maximum atomic E-state index is 13.8. The molecule has 1 aliphatic rings. The maximum Gasteiger partial charge on any atom is 0.129 e. The van der Waals surface area contributed by atoms with Gasteiger partial charge in [0.1, 0.15) is 5.82 Å². The minimum atomic E-state index is -0.162. The number of hydrogen-bond donors (Lipinski definition) is 1. The quantitative estimate of drug-likeness (QED) is 0.890. The summed E-state index contributed by atoms with van der Waals surface area (Å²) in [7, 11) is 0. The van der Waals surface area contributed by atoms with E-state index in [1.807, 2.05) is 12.1 Å². The topological polar surface area (TPSA) is 21.3 Å². The number of hydrogen-bond acceptors (Lipinski definition) is 2. The molecule has 1 heterocycles. The highest BCUT2D eigenvalue weighted by Gasteiger charge is 2.31. The molecular weight excluding hydrogens is 229 g/mol. The summed E-state index contributed by atoms with van der Waals surface area (Å²) < 4.78 is 19.5. The van der Waals surface area contributed by atoms with Crippen molar-refractivity contribution in [2.75, 3.05) is 13.2 Å². The Morgan fingerprint density at radius 2 is 2.06 bits per heavy atom. The molecule has 1 aromatic carbocycles. The van der Waals surface area contributed by atoms with Crippen molar-refractivity contribution in [3.05, 3.63) is 35.6 Å². The smallest absolute Gasteiger partial charge is 0.129 e. The lowest BCUT2D eigenvalue weighted by Crippen LogP contribution is -2.39. The van der Waals surface area contributed by atoms with Crippen LogP contribution in [0.15, 0.2) is 24.3 Å². The molecule has 1 N–H and O–H groups in total. The molecule has 0 saturated carbocycles. The Balaban J connectivity index is 2.06. The van der Waals surface area contributed by atoms with Crippen LogP contribution < -0.4 is 5.32 Å². The van der Waals surface area contributed by atoms with Crippen molar-refractivity contribution in [3.8, 4) is 0 Å². The van der Waals surface area contributed by atoms with E-state index in [9.17, 15) is 4.39 Å². The fourth-order valence-electron chi connectivity index (χ4n) is 2.33. The van der Waals surface area contributed by atoms with E-state index in [-0.39, 0.29) is 17.5 Å². The van der Waals surface area contributed by atoms with Crippen molar-refractivity contribution in [1.29, 1.82) is 0 Å². The molecule has 2 rings (SSSR count). The Labute approximate surface area is 109 Å². The second-order valence-corrected chi connectivity index (χ2v) is 5.99. The van der Waals surface area contributed by atoms with Crippen LogP contribution in [0.5, 0.6) is 0 Å². The minimum Gasteiger partial charge on any atom is -0.373 e. The van der Waals surface area contributed by atoms with E-state index in [0.29, 0.717) is 11.5 Å². The zero-order valence-corrected chi connectivity index (χ0v) is 11.4. The lowest BCUT2D eigenvalue weighted by molar-refractivity contribution is 0.0859. The molecule has 1 fully saturated rings. The highest BCUT2D eigenvalue weighted by atomic mass is 19.1. The molecule has 0 radical (unpaired) electrons. The number of benzene rings is 1. The third-order valence-electron chi connectivity index (χ3n) is 3.32. The van der Waals surface area contributed by atoms with Gasteiger partial charge in [0.15, 0.2) is 0 Å². The Bertz CT molecular complexity index is 400. The van der Waals surface area contributed by atoms with Gasteiger partial charge in [-0.2, -0.15) is 0 Å². The third kappa shape index (κ3) is 3.30. The molecule has 18 heavy (non-hydrogen) atoms. The number of ether oxygens (including phenoxy) is 1. The van der Waals surface area contributed by atoms with Gasteiger partial charge in [-0.1, -0.05) is 18.2 Å². The summed E-state index contributed by atoms with van der Waals surface area (Å²) in [5.41, 5.74) is 0.776. The fraction of sp³-hybridized carbons (Fsp3) is 0.600. The highest BCUT2D eigenvalue weighted by Crippen LogP contribution is 2.35. The zero-order valence-electron chi connectivity index (χ0n) is 11.4. The fourth-order valence-corrected chi connectivity index (χ4v) is 2.33. The second kappa shape index (κ2) is 5.37. The normalized spacial score (nSPS) is 24.4. The lowest BCUT2D eigenvalue weighted by atomic mass is 9.94. The third-order valence-corrected chi connectivity index (χ3v) is 3.32. The summed E-state index contributed by atoms with van der Waals surface area (Å²) in [4.78, 5) is 0. The summed E-state index contributed by atoms with van der Waals surface area (Å²) in [6.07, 6.45) is 0.878. The number of rotatable bonds is 3. The van der Waals surface area contributed by atoms with Gasteiger partial charge in [-0.25, -0.2) is 4.39 Å². The standard InChI is InChI=1S/C15H22FNO/c1-15(2,3)17-10-11-8-9-18-14(11)12-6-4-5-7-13(12)16/h4-7,11,14,17H,8-10H2,1-3H3. The molecular formula is C15H22FNO. The minimum absolute atomic E-state index is 0.0857. The number of nitrogens with one attached hydrogen (secondary N) is 1. The molecule has 3 heteroatoms. The van der Waals surface area contributed by atoms with Crippen LogP contribution in [0.2, 0.25) is 0 Å². The summed E-state index contributed by atoms with van der Waals surface area (Å²) >= 11 is 0. The SMILES string of the molecule is CC(C)(C)NCC1CCOC1c1ccccc1F. The van der Waals surface area contributed by atoms with Crippen LogP contribution >= 0.6 is 0 Å². The van der Waals surface area contributed by atoms with E-state index in [1.54, 1.807) is 6.07 Å². The van der Waals surface area contributed by atoms with Crippen molar-refractivity contribution in [2.45, 2.75) is 38.8 Å². The Kier molecular flexibility index (Phi) is 4.03. The van der Waals surface area contributed by atoms with Crippen LogP contribution in [0.25, 0.3) is 0 Å². The van der Waals surface area contributed by atoms with Gasteiger partial charge in [0.25, 0.3) is 0 Å². The Morgan fingerprint density at radius 3 is 2.72 bits per heavy atom. The summed E-state index contributed by atoms with van der Waals surface area (Å²) in [5, 5.41) is 3.48. The molecule has 2 nitrogen and oxygen atoms in total. The predicted octanol–water partition coefficient (Wildman–Crippen LogP) is 3.29. The van der Waals surface area contributed by atoms with Gasteiger partial charge in [0.05, 0.1) is 6.10 Å². The first kappa shape index (κ1) is 13.5. The van der Waals surface area contributed by atoms with E-state index >= 15 is 0 Å². The molecule has 0 spiro atoms. The van der Waals surface area contributed by atoms with E-state index in [0.717, 1.165) is 19.6 Å². The number of halogens is 1. The molecule has 0 amide bonds. The molecule has 1 saturated heterocycles. The van der Waals surface area contributed by atoms with Crippen molar-refractivity contribution in [3.63, 3.8) is 0 Å². The highest BCUT2D eigenvalue weighted by molar-refractivity contribution is 5.21. The van der Waals surface area contributed by atoms with Gasteiger partial charge in [-0.3, -0.25) is 0 Å². The van der Waals surface area contributed by atoms with E-state index in [4.69, 9.17) is 4.74 Å². The average Bonchev–Trinajstić information content (AvgIpc) is 2.74. The first-order valence-electron chi connectivity index (χ1n) is 6.58. The van der Waals surface area contributed by atoms with Gasteiger partial charge in [-0.15, -0.1) is 0 Å². The molecule has 1 aliphatic heterocycles. The van der Waals surface area contributed by atoms with Gasteiger partial charge >= 0.3 is 0 Å². The van der Waals surface area contributed by atoms with Crippen LogP contribution in [0.3, 0.4) is 0 Å². The van der Waals surface area contributed by atoms with Crippen molar-refractivity contribution in [1.82, 2.24) is 5.32 Å².